The second kappa shape index (κ2) is 6.09. The Labute approximate surface area is 67.6 Å². The molecule has 0 saturated carbocycles. The Morgan fingerprint density at radius 1 is 1.40 bits per heavy atom. The highest BCUT2D eigenvalue weighted by molar-refractivity contribution is 8.08. The smallest absolute Gasteiger partial charge is 0.122 e. The molecule has 0 aromatic carbocycles. The predicted octanol–water partition coefficient (Wildman–Crippen LogP) is 0.550. The van der Waals surface area contributed by atoms with Crippen molar-refractivity contribution in [3.8, 4) is 0 Å². The Balaban J connectivity index is 3.61. The van der Waals surface area contributed by atoms with Crippen LogP contribution < -0.4 is 0 Å². The van der Waals surface area contributed by atoms with Gasteiger partial charge in [0.2, 0.25) is 0 Å². The molecule has 3 nitrogen and oxygen atoms in total. The molecule has 0 bridgehead atoms. The molecule has 0 aromatic rings. The zero-order valence-corrected chi connectivity index (χ0v) is 7.57. The van der Waals surface area contributed by atoms with Crippen LogP contribution in [0.1, 0.15) is 0 Å². The minimum absolute atomic E-state index is 0.225. The second-order valence-corrected chi connectivity index (χ2v) is 3.86. The van der Waals surface area contributed by atoms with E-state index >= 15 is 0 Å². The predicted molar refractivity (Wildman–Crippen MR) is 41.5 cm³/mol. The van der Waals surface area contributed by atoms with Crippen molar-refractivity contribution in [1.29, 1.82) is 0 Å². The maximum Gasteiger partial charge on any atom is 0.122 e. The number of halogens is 1. The van der Waals surface area contributed by atoms with Crippen LogP contribution in [0.5, 0.6) is 0 Å². The lowest BCUT2D eigenvalue weighted by Crippen LogP contribution is -2.23. The number of hydrogen-bond acceptors (Lipinski definition) is 3. The van der Waals surface area contributed by atoms with Gasteiger partial charge in [0.15, 0.2) is 0 Å². The molecule has 1 atom stereocenters. The zero-order valence-electron chi connectivity index (χ0n) is 6.00. The minimum Gasteiger partial charge on any atom is -0.383 e. The van der Waals surface area contributed by atoms with Crippen molar-refractivity contribution >= 4 is 20.7 Å². The Hall–Kier alpha value is 0.360. The maximum absolute atomic E-state index is 10.6. The molecule has 0 amide bonds. The minimum atomic E-state index is -1.38. The first kappa shape index (κ1) is 10.4. The van der Waals surface area contributed by atoms with Gasteiger partial charge in [-0.25, -0.2) is 4.21 Å². The monoisotopic (exact) mass is 186 g/mol. The third-order valence-corrected chi connectivity index (χ3v) is 2.52. The molecular formula is C5H11ClO3S. The Morgan fingerprint density at radius 2 is 1.80 bits per heavy atom. The molecule has 10 heavy (non-hydrogen) atoms. The summed E-state index contributed by atoms with van der Waals surface area (Å²) in [4.78, 5) is 0. The molecule has 0 aliphatic carbocycles. The highest BCUT2D eigenvalue weighted by Gasteiger charge is 2.13. The van der Waals surface area contributed by atoms with Crippen LogP contribution >= 0.6 is 10.7 Å². The highest BCUT2D eigenvalue weighted by Crippen LogP contribution is 2.01. The lowest BCUT2D eigenvalue weighted by Gasteiger charge is -2.08. The lowest BCUT2D eigenvalue weighted by molar-refractivity contribution is 0.143. The summed E-state index contributed by atoms with van der Waals surface area (Å²) in [7, 11) is 7.00. The first-order chi connectivity index (χ1) is 4.72. The van der Waals surface area contributed by atoms with Gasteiger partial charge in [-0.05, 0) is 10.7 Å². The quantitative estimate of drug-likeness (QED) is 0.589. The summed E-state index contributed by atoms with van der Waals surface area (Å²) in [6.07, 6.45) is 0. The molecule has 0 N–H and O–H groups in total. The second-order valence-electron chi connectivity index (χ2n) is 1.78. The van der Waals surface area contributed by atoms with Gasteiger partial charge in [0, 0.05) is 14.2 Å². The summed E-state index contributed by atoms with van der Waals surface area (Å²) in [5.41, 5.74) is 0. The number of methoxy groups -OCH3 is 2. The Morgan fingerprint density at radius 3 is 2.00 bits per heavy atom. The van der Waals surface area contributed by atoms with Gasteiger partial charge in [-0.1, -0.05) is 0 Å². The van der Waals surface area contributed by atoms with Crippen LogP contribution in [0.15, 0.2) is 0 Å². The van der Waals surface area contributed by atoms with Crippen LogP contribution in [0, 0.1) is 0 Å². The molecule has 0 aliphatic heterocycles. The molecule has 0 fully saturated rings. The van der Waals surface area contributed by atoms with E-state index < -0.39 is 10.0 Å². The van der Waals surface area contributed by atoms with Gasteiger partial charge in [0.05, 0.1) is 18.5 Å². The molecule has 0 saturated heterocycles. The molecule has 0 radical (unpaired) electrons. The molecule has 0 heterocycles. The summed E-state index contributed by atoms with van der Waals surface area (Å²) in [6, 6.07) is 0. The first-order valence-electron chi connectivity index (χ1n) is 2.77. The number of ether oxygens (including phenoxy) is 2. The molecule has 5 heteroatoms. The molecule has 0 aromatic heterocycles. The SMILES string of the molecule is COCC(COC)S(=O)Cl. The molecule has 0 rings (SSSR count). The zero-order chi connectivity index (χ0) is 7.98. The highest BCUT2D eigenvalue weighted by atomic mass is 35.7. The summed E-state index contributed by atoms with van der Waals surface area (Å²) < 4.78 is 20.2. The normalized spacial score (nSPS) is 14.0. The Bertz CT molecular complexity index is 103. The average Bonchev–Trinajstić information content (AvgIpc) is 1.87. The van der Waals surface area contributed by atoms with E-state index in [-0.39, 0.29) is 5.25 Å². The Kier molecular flexibility index (Phi) is 6.31. The van der Waals surface area contributed by atoms with Crippen molar-refractivity contribution in [1.82, 2.24) is 0 Å². The van der Waals surface area contributed by atoms with E-state index in [1.54, 1.807) is 0 Å². The largest absolute Gasteiger partial charge is 0.383 e. The van der Waals surface area contributed by atoms with Crippen LogP contribution in [-0.2, 0) is 19.5 Å². The van der Waals surface area contributed by atoms with E-state index in [4.69, 9.17) is 20.2 Å². The van der Waals surface area contributed by atoms with Crippen molar-refractivity contribution in [3.63, 3.8) is 0 Å². The van der Waals surface area contributed by atoms with E-state index in [0.717, 1.165) is 0 Å². The van der Waals surface area contributed by atoms with Gasteiger partial charge in [-0.15, -0.1) is 0 Å². The fraction of sp³-hybridized carbons (Fsp3) is 1.00. The van der Waals surface area contributed by atoms with E-state index in [1.165, 1.54) is 14.2 Å². The summed E-state index contributed by atoms with van der Waals surface area (Å²) in [5, 5.41) is -0.225. The van der Waals surface area contributed by atoms with Gasteiger partial charge in [-0.3, -0.25) is 0 Å². The van der Waals surface area contributed by atoms with Gasteiger partial charge < -0.3 is 9.47 Å². The maximum atomic E-state index is 10.6. The average molecular weight is 187 g/mol. The van der Waals surface area contributed by atoms with Crippen molar-refractivity contribution < 1.29 is 13.7 Å². The third-order valence-electron chi connectivity index (χ3n) is 0.967. The van der Waals surface area contributed by atoms with E-state index in [0.29, 0.717) is 13.2 Å². The first-order valence-corrected chi connectivity index (χ1v) is 4.81. The molecular weight excluding hydrogens is 176 g/mol. The van der Waals surface area contributed by atoms with Crippen molar-refractivity contribution in [2.75, 3.05) is 27.4 Å². The summed E-state index contributed by atoms with van der Waals surface area (Å²) in [6.45, 7) is 0.730. The van der Waals surface area contributed by atoms with Gasteiger partial charge in [0.25, 0.3) is 0 Å². The van der Waals surface area contributed by atoms with Gasteiger partial charge >= 0.3 is 0 Å². The van der Waals surface area contributed by atoms with Crippen molar-refractivity contribution in [2.24, 2.45) is 0 Å². The van der Waals surface area contributed by atoms with Crippen LogP contribution in [-0.4, -0.2) is 36.9 Å². The third kappa shape index (κ3) is 4.22. The van der Waals surface area contributed by atoms with Crippen molar-refractivity contribution in [3.05, 3.63) is 0 Å². The molecule has 1 unspecified atom stereocenters. The van der Waals surface area contributed by atoms with Crippen LogP contribution in [0.25, 0.3) is 0 Å². The number of rotatable bonds is 5. The molecule has 62 valence electrons. The van der Waals surface area contributed by atoms with Crippen LogP contribution in [0.3, 0.4) is 0 Å². The van der Waals surface area contributed by atoms with E-state index in [2.05, 4.69) is 0 Å². The molecule has 0 aliphatic rings. The van der Waals surface area contributed by atoms with Gasteiger partial charge in [-0.2, -0.15) is 0 Å². The van der Waals surface area contributed by atoms with Crippen LogP contribution in [0.2, 0.25) is 0 Å². The lowest BCUT2D eigenvalue weighted by atomic mass is 10.5. The fourth-order valence-corrected chi connectivity index (χ4v) is 1.32. The summed E-state index contributed by atoms with van der Waals surface area (Å²) >= 11 is 0. The van der Waals surface area contributed by atoms with E-state index in [9.17, 15) is 4.21 Å². The van der Waals surface area contributed by atoms with Crippen molar-refractivity contribution in [2.45, 2.75) is 5.25 Å². The fourth-order valence-electron chi connectivity index (χ4n) is 0.527. The topological polar surface area (TPSA) is 35.5 Å². The molecule has 0 spiro atoms. The van der Waals surface area contributed by atoms with Crippen LogP contribution in [0.4, 0.5) is 0 Å². The van der Waals surface area contributed by atoms with Gasteiger partial charge in [0.1, 0.15) is 10.0 Å². The summed E-state index contributed by atoms with van der Waals surface area (Å²) in [5.74, 6) is 0. The standard InChI is InChI=1S/C5H11ClO3S/c1-8-3-5(4-9-2)10(6)7/h5H,3-4H2,1-2H3. The van der Waals surface area contributed by atoms with E-state index in [1.807, 2.05) is 0 Å². The number of hydrogen-bond donors (Lipinski definition) is 0.